The third-order valence-corrected chi connectivity index (χ3v) is 31.4. The number of epoxide rings is 1. The van der Waals surface area contributed by atoms with Crippen LogP contribution in [0.4, 0.5) is 0 Å². The molecule has 2 aliphatic carbocycles. The molecule has 5 rings (SSSR count). The summed E-state index contributed by atoms with van der Waals surface area (Å²) in [4.78, 5) is 55.4. The smallest absolute Gasteiger partial charge is 0.337 e. The first-order chi connectivity index (χ1) is 32.6. The molecule has 3 aliphatic heterocycles. The second-order valence-corrected chi connectivity index (χ2v) is 49.5. The maximum absolute atomic E-state index is 14.3. The first-order valence-corrected chi connectivity index (χ1v) is 42.8. The van der Waals surface area contributed by atoms with E-state index in [0.29, 0.717) is 25.5 Å². The molecule has 5 aliphatic rings. The zero-order valence-corrected chi connectivity index (χ0v) is 54.5. The minimum absolute atomic E-state index is 0.0431. The molecule has 0 aromatic carbocycles. The summed E-state index contributed by atoms with van der Waals surface area (Å²) in [6.45, 7) is 36.4. The van der Waals surface area contributed by atoms with Crippen molar-refractivity contribution in [1.29, 1.82) is 0 Å². The molecule has 0 aromatic rings. The number of nitrogens with one attached hydrogen (secondary N) is 2. The Hall–Kier alpha value is -0.102. The summed E-state index contributed by atoms with van der Waals surface area (Å²) in [5.74, 6) is -1.95. The fraction of sp³-hybridized carbons (Fsp3) is 0.923. The normalized spacial score (nSPS) is 30.0. The maximum Gasteiger partial charge on any atom is 0.337 e. The topological polar surface area (TPSA) is 162 Å². The first-order valence-electron chi connectivity index (χ1n) is 27.0. The molecular formula is C52H97Cl2IN2O10Si4. The van der Waals surface area contributed by atoms with Crippen LogP contribution in [-0.4, -0.2) is 132 Å². The Bertz CT molecular complexity index is 1820. The van der Waals surface area contributed by atoms with Gasteiger partial charge in [0.05, 0.1) is 43.9 Å². The van der Waals surface area contributed by atoms with Crippen LogP contribution >= 0.6 is 45.8 Å². The quantitative estimate of drug-likeness (QED) is 0.0332. The molecule has 2 saturated carbocycles. The Morgan fingerprint density at radius 2 is 1.01 bits per heavy atom. The van der Waals surface area contributed by atoms with Crippen LogP contribution in [-0.2, 0) is 42.2 Å². The third-order valence-electron chi connectivity index (χ3n) is 17.5. The summed E-state index contributed by atoms with van der Waals surface area (Å²) >= 11 is 14.3. The van der Waals surface area contributed by atoms with Crippen molar-refractivity contribution in [3.05, 3.63) is 0 Å². The van der Waals surface area contributed by atoms with Crippen LogP contribution in [0.3, 0.4) is 0 Å². The number of alkyl halides is 3. The molecule has 412 valence electrons. The highest BCUT2D eigenvalue weighted by atomic mass is 127. The van der Waals surface area contributed by atoms with Gasteiger partial charge < -0.3 is 38.8 Å². The molecule has 71 heavy (non-hydrogen) atoms. The van der Waals surface area contributed by atoms with Gasteiger partial charge in [0.25, 0.3) is 0 Å². The maximum atomic E-state index is 14.3. The van der Waals surface area contributed by atoms with Gasteiger partial charge in [-0.2, -0.15) is 0 Å². The lowest BCUT2D eigenvalue weighted by Gasteiger charge is -2.52. The van der Waals surface area contributed by atoms with Crippen LogP contribution in [0.1, 0.15) is 119 Å². The molecule has 5 fully saturated rings. The molecule has 1 spiro atoms. The first kappa shape index (κ1) is 63.4. The summed E-state index contributed by atoms with van der Waals surface area (Å²) in [5, 5.41) is 18.5. The van der Waals surface area contributed by atoms with Crippen molar-refractivity contribution in [3.63, 3.8) is 0 Å². The van der Waals surface area contributed by atoms with Crippen LogP contribution < -0.4 is 10.6 Å². The van der Waals surface area contributed by atoms with Crippen LogP contribution in [0.15, 0.2) is 0 Å². The summed E-state index contributed by atoms with van der Waals surface area (Å²) in [6, 6.07) is 1.69. The average Bonchev–Trinajstić information content (AvgIpc) is 3.98. The number of amides is 2. The van der Waals surface area contributed by atoms with E-state index in [-0.39, 0.29) is 63.0 Å². The Morgan fingerprint density at radius 3 is 1.37 bits per heavy atom. The molecule has 0 aromatic heterocycles. The van der Waals surface area contributed by atoms with E-state index in [1.54, 1.807) is 0 Å². The largest absolute Gasteiger partial charge is 0.464 e. The molecule has 8 atom stereocenters. The number of carbonyl (C=O) groups excluding carboxylic acids is 4. The molecule has 3 N–H and O–H groups in total. The van der Waals surface area contributed by atoms with E-state index in [1.807, 2.05) is 0 Å². The van der Waals surface area contributed by atoms with Gasteiger partial charge in [-0.25, -0.2) is 9.59 Å². The lowest BCUT2D eigenvalue weighted by molar-refractivity contribution is -0.175. The van der Waals surface area contributed by atoms with E-state index in [4.69, 9.17) is 46.3 Å². The van der Waals surface area contributed by atoms with Crippen molar-refractivity contribution >= 4 is 102 Å². The van der Waals surface area contributed by atoms with E-state index < -0.39 is 85.1 Å². The molecule has 0 radical (unpaired) electrons. The van der Waals surface area contributed by atoms with Crippen molar-refractivity contribution in [2.45, 2.75) is 241 Å². The summed E-state index contributed by atoms with van der Waals surface area (Å²) in [6.07, 6.45) is 10.0. The van der Waals surface area contributed by atoms with Crippen LogP contribution in [0, 0.1) is 23.7 Å². The molecule has 0 bridgehead atoms. The van der Waals surface area contributed by atoms with Gasteiger partial charge in [-0.3, -0.25) is 9.59 Å². The molecule has 12 nitrogen and oxygen atoms in total. The van der Waals surface area contributed by atoms with Gasteiger partial charge in [-0.05, 0) is 98.7 Å². The number of hydrogen-bond acceptors (Lipinski definition) is 10. The number of rotatable bonds is 21. The fourth-order valence-electron chi connectivity index (χ4n) is 10.8. The van der Waals surface area contributed by atoms with Gasteiger partial charge in [-0.15, -0.1) is 23.2 Å². The van der Waals surface area contributed by atoms with Crippen molar-refractivity contribution < 1.29 is 47.3 Å². The highest BCUT2D eigenvalue weighted by Gasteiger charge is 2.80. The second kappa shape index (κ2) is 24.3. The van der Waals surface area contributed by atoms with Crippen LogP contribution in [0.5, 0.6) is 0 Å². The van der Waals surface area contributed by atoms with E-state index in [9.17, 15) is 24.3 Å². The van der Waals surface area contributed by atoms with Gasteiger partial charge in [0, 0.05) is 32.3 Å². The van der Waals surface area contributed by atoms with E-state index in [0.717, 1.165) is 69.9 Å². The zero-order valence-electron chi connectivity index (χ0n) is 46.9. The van der Waals surface area contributed by atoms with Gasteiger partial charge in [-0.1, -0.05) is 142 Å². The number of ether oxygens (including phenoxy) is 3. The van der Waals surface area contributed by atoms with Gasteiger partial charge in [0.2, 0.25) is 11.8 Å². The summed E-state index contributed by atoms with van der Waals surface area (Å²) in [5.41, 5.74) is -5.61. The molecule has 19 heteroatoms. The number of halogens is 3. The number of carbonyl (C=O) groups is 4. The number of hydrogen-bond donors (Lipinski definition) is 3. The van der Waals surface area contributed by atoms with E-state index in [1.165, 1.54) is 6.42 Å². The standard InChI is InChI=1S/C26H49ClINO5Si2.C26H48ClNO5Si2/c1-24(2,3)36(7,8)34-21(19-12-10-9-11-13-19)26(23(31)33-16-17-35(4,5)6)25(32,18-28)20(14-15-27)22(30)29-26;1-24(2,3)35(7,8)33-21(19-12-10-9-11-13-19)26(23(30)31-16-17-34(4,5)6)25(18-32-25)20(14-15-27)22(29)28-26/h19-21,32H,9-18H2,1-8H3,(H,29,30);19-21H,9-18H2,1-8H3,(H,28,29)/t2*20-,21-,25-,26-/m00/s1. The molecule has 3 saturated heterocycles. The predicted octanol–water partition coefficient (Wildman–Crippen LogP) is 11.8. The molecule has 0 unspecified atom stereocenters. The lowest BCUT2D eigenvalue weighted by Crippen LogP contribution is -2.74. The Morgan fingerprint density at radius 1 is 0.662 bits per heavy atom. The van der Waals surface area contributed by atoms with Gasteiger partial charge in [0.1, 0.15) is 11.2 Å². The lowest BCUT2D eigenvalue weighted by atomic mass is 9.67. The van der Waals surface area contributed by atoms with Crippen molar-refractivity contribution in [3.8, 4) is 0 Å². The van der Waals surface area contributed by atoms with Crippen molar-refractivity contribution in [2.75, 3.05) is 36.0 Å². The summed E-state index contributed by atoms with van der Waals surface area (Å²) < 4.78 is 32.6. The number of esters is 2. The zero-order chi connectivity index (χ0) is 53.9. The third kappa shape index (κ3) is 14.0. The Kier molecular flexibility index (Phi) is 21.7. The minimum Gasteiger partial charge on any atom is -0.464 e. The Labute approximate surface area is 457 Å². The van der Waals surface area contributed by atoms with E-state index >= 15 is 0 Å². The number of aliphatic hydroxyl groups is 1. The summed E-state index contributed by atoms with van der Waals surface area (Å²) in [7, 11) is -7.58. The highest BCUT2D eigenvalue weighted by Crippen LogP contribution is 2.57. The minimum atomic E-state index is -2.40. The van der Waals surface area contributed by atoms with Gasteiger partial charge >= 0.3 is 11.9 Å². The second-order valence-electron chi connectivity index (χ2n) is 27.2. The predicted molar refractivity (Wildman–Crippen MR) is 307 cm³/mol. The van der Waals surface area contributed by atoms with Crippen molar-refractivity contribution in [2.24, 2.45) is 23.7 Å². The monoisotopic (exact) mass is 1220 g/mol. The molecule has 3 heterocycles. The van der Waals surface area contributed by atoms with E-state index in [2.05, 4.69) is 140 Å². The SMILES string of the molecule is CC(C)(C)[Si](C)(C)O[C@@H](C1CCCCC1)[C@@]1(C(=O)OCC[Si](C)(C)C)NC(=O)[C@H](CCCl)[C@@]1(O)CI.CC(C)(C)[Si](C)(C)O[C@@H](C1CCCCC1)[C@@]1(C(=O)OCC[Si](C)(C)C)NC(=O)[C@H](CCCl)[C@@]12CO2. The Balaban J connectivity index is 0.000000309. The van der Waals surface area contributed by atoms with Gasteiger partial charge in [0.15, 0.2) is 27.7 Å². The molecular weight excluding hydrogens is 1120 g/mol. The van der Waals surface area contributed by atoms with Crippen LogP contribution in [0.2, 0.25) is 87.6 Å². The fourth-order valence-corrected chi connectivity index (χ4v) is 16.5. The average molecular weight is 1220 g/mol. The van der Waals surface area contributed by atoms with Crippen LogP contribution in [0.25, 0.3) is 0 Å². The molecule has 2 amide bonds. The highest BCUT2D eigenvalue weighted by molar-refractivity contribution is 14.1. The van der Waals surface area contributed by atoms with Crippen molar-refractivity contribution in [1.82, 2.24) is 10.6 Å².